The van der Waals surface area contributed by atoms with E-state index in [1.807, 2.05) is 25.2 Å². The number of amides is 1. The van der Waals surface area contributed by atoms with Crippen molar-refractivity contribution in [3.8, 4) is 0 Å². The van der Waals surface area contributed by atoms with Crippen LogP contribution in [0.1, 0.15) is 16.1 Å². The molecule has 1 heterocycles. The molecule has 4 nitrogen and oxygen atoms in total. The van der Waals surface area contributed by atoms with Crippen LogP contribution in [0.3, 0.4) is 0 Å². The molecule has 2 rings (SSSR count). The molecule has 0 saturated carbocycles. The quantitative estimate of drug-likeness (QED) is 0.860. The predicted octanol–water partition coefficient (Wildman–Crippen LogP) is 2.72. The fourth-order valence-electron chi connectivity index (χ4n) is 2.09. The van der Waals surface area contributed by atoms with Gasteiger partial charge in [-0.25, -0.2) is 8.78 Å². The summed E-state index contributed by atoms with van der Waals surface area (Å²) in [5.41, 5.74) is 1.88. The number of nitrogens with zero attached hydrogens (tertiary/aromatic N) is 1. The maximum atomic E-state index is 12.4. The Morgan fingerprint density at radius 2 is 2.10 bits per heavy atom. The molecule has 0 saturated heterocycles. The summed E-state index contributed by atoms with van der Waals surface area (Å²) >= 11 is 0. The molecular formula is C15H17F2N3O. The summed E-state index contributed by atoms with van der Waals surface area (Å²) < 4.78 is 26.1. The summed E-state index contributed by atoms with van der Waals surface area (Å²) in [4.78, 5) is 12.2. The van der Waals surface area contributed by atoms with Gasteiger partial charge in [0, 0.05) is 18.4 Å². The average molecular weight is 293 g/mol. The smallest absolute Gasteiger partial charge is 0.272 e. The first-order valence-electron chi connectivity index (χ1n) is 6.58. The van der Waals surface area contributed by atoms with Crippen LogP contribution in [0.4, 0.5) is 14.5 Å². The van der Waals surface area contributed by atoms with E-state index in [9.17, 15) is 13.6 Å². The second-order valence-electron chi connectivity index (χ2n) is 4.62. The van der Waals surface area contributed by atoms with E-state index in [1.54, 1.807) is 12.1 Å². The van der Waals surface area contributed by atoms with Gasteiger partial charge in [0.1, 0.15) is 5.69 Å². The highest BCUT2D eigenvalue weighted by molar-refractivity contribution is 6.03. The zero-order valence-corrected chi connectivity index (χ0v) is 11.6. The zero-order valence-electron chi connectivity index (χ0n) is 11.6. The number of aromatic nitrogens is 1. The monoisotopic (exact) mass is 293 g/mol. The van der Waals surface area contributed by atoms with E-state index in [-0.39, 0.29) is 5.69 Å². The van der Waals surface area contributed by atoms with Crippen molar-refractivity contribution in [1.82, 2.24) is 9.88 Å². The van der Waals surface area contributed by atoms with Crippen LogP contribution in [0, 0.1) is 0 Å². The molecule has 0 aliphatic heterocycles. The van der Waals surface area contributed by atoms with E-state index in [0.717, 1.165) is 5.56 Å². The van der Waals surface area contributed by atoms with Crippen LogP contribution in [0.2, 0.25) is 0 Å². The van der Waals surface area contributed by atoms with E-state index in [1.165, 1.54) is 16.8 Å². The van der Waals surface area contributed by atoms with Gasteiger partial charge in [0.15, 0.2) is 0 Å². The van der Waals surface area contributed by atoms with Crippen LogP contribution in [0.15, 0.2) is 42.6 Å². The Kier molecular flexibility index (Phi) is 5.05. The Morgan fingerprint density at radius 1 is 1.29 bits per heavy atom. The van der Waals surface area contributed by atoms with Gasteiger partial charge in [-0.05, 0) is 36.9 Å². The van der Waals surface area contributed by atoms with Gasteiger partial charge in [-0.3, -0.25) is 4.79 Å². The van der Waals surface area contributed by atoms with Crippen LogP contribution < -0.4 is 10.6 Å². The van der Waals surface area contributed by atoms with Gasteiger partial charge in [0.25, 0.3) is 12.3 Å². The van der Waals surface area contributed by atoms with Crippen molar-refractivity contribution < 1.29 is 13.6 Å². The molecule has 0 radical (unpaired) electrons. The van der Waals surface area contributed by atoms with Gasteiger partial charge in [-0.15, -0.1) is 0 Å². The van der Waals surface area contributed by atoms with Crippen LogP contribution in [-0.2, 0) is 13.1 Å². The number of benzene rings is 1. The lowest BCUT2D eigenvalue weighted by molar-refractivity contribution is 0.0998. The van der Waals surface area contributed by atoms with E-state index >= 15 is 0 Å². The zero-order chi connectivity index (χ0) is 15.2. The minimum atomic E-state index is -2.50. The molecule has 0 atom stereocenters. The van der Waals surface area contributed by atoms with Crippen molar-refractivity contribution in [3.05, 3.63) is 53.9 Å². The third kappa shape index (κ3) is 4.13. The first kappa shape index (κ1) is 15.2. The van der Waals surface area contributed by atoms with E-state index in [2.05, 4.69) is 10.6 Å². The molecule has 0 aliphatic rings. The van der Waals surface area contributed by atoms with E-state index in [0.29, 0.717) is 12.2 Å². The van der Waals surface area contributed by atoms with Crippen molar-refractivity contribution in [1.29, 1.82) is 0 Å². The molecule has 1 aromatic carbocycles. The molecule has 0 aliphatic carbocycles. The number of hydrogen-bond acceptors (Lipinski definition) is 2. The lowest BCUT2D eigenvalue weighted by Crippen LogP contribution is -2.19. The second-order valence-corrected chi connectivity index (χ2v) is 4.62. The number of carbonyl (C=O) groups excluding carboxylic acids is 1. The third-order valence-electron chi connectivity index (χ3n) is 2.96. The van der Waals surface area contributed by atoms with Gasteiger partial charge in [-0.1, -0.05) is 12.1 Å². The fourth-order valence-corrected chi connectivity index (χ4v) is 2.09. The standard InChI is InChI=1S/C15H17F2N3O/c1-18-9-11-4-2-5-12(8-11)19-15(21)13-6-3-7-20(13)10-14(16)17/h2-8,14,18H,9-10H2,1H3,(H,19,21). The van der Waals surface area contributed by atoms with Gasteiger partial charge >= 0.3 is 0 Å². The van der Waals surface area contributed by atoms with Crippen molar-refractivity contribution in [2.24, 2.45) is 0 Å². The van der Waals surface area contributed by atoms with E-state index < -0.39 is 18.9 Å². The molecule has 0 fully saturated rings. The molecule has 6 heteroatoms. The van der Waals surface area contributed by atoms with Crippen LogP contribution in [-0.4, -0.2) is 23.9 Å². The maximum Gasteiger partial charge on any atom is 0.272 e. The average Bonchev–Trinajstić information content (AvgIpc) is 2.87. The summed E-state index contributed by atoms with van der Waals surface area (Å²) in [5, 5.41) is 5.75. The largest absolute Gasteiger partial charge is 0.338 e. The van der Waals surface area contributed by atoms with Gasteiger partial charge in [-0.2, -0.15) is 0 Å². The lowest BCUT2D eigenvalue weighted by Gasteiger charge is -2.10. The molecule has 2 N–H and O–H groups in total. The maximum absolute atomic E-state index is 12.4. The van der Waals surface area contributed by atoms with Crippen LogP contribution >= 0.6 is 0 Å². The summed E-state index contributed by atoms with van der Waals surface area (Å²) in [7, 11) is 1.84. The summed E-state index contributed by atoms with van der Waals surface area (Å²) in [6.07, 6.45) is -1.03. The van der Waals surface area contributed by atoms with Crippen molar-refractivity contribution in [2.45, 2.75) is 19.5 Å². The van der Waals surface area contributed by atoms with Crippen molar-refractivity contribution >= 4 is 11.6 Å². The Hall–Kier alpha value is -2.21. The highest BCUT2D eigenvalue weighted by Crippen LogP contribution is 2.13. The van der Waals surface area contributed by atoms with Crippen molar-refractivity contribution in [2.75, 3.05) is 12.4 Å². The lowest BCUT2D eigenvalue weighted by atomic mass is 10.2. The highest BCUT2D eigenvalue weighted by Gasteiger charge is 2.14. The molecule has 0 unspecified atom stereocenters. The minimum Gasteiger partial charge on any atom is -0.338 e. The third-order valence-corrected chi connectivity index (χ3v) is 2.96. The number of anilines is 1. The Bertz CT molecular complexity index is 610. The fraction of sp³-hybridized carbons (Fsp3) is 0.267. The number of carbonyl (C=O) groups is 1. The summed E-state index contributed by atoms with van der Waals surface area (Å²) in [6.45, 7) is 0.195. The molecular weight excluding hydrogens is 276 g/mol. The summed E-state index contributed by atoms with van der Waals surface area (Å²) in [6, 6.07) is 10.5. The normalized spacial score (nSPS) is 10.9. The highest BCUT2D eigenvalue weighted by atomic mass is 19.3. The predicted molar refractivity (Wildman–Crippen MR) is 77.6 cm³/mol. The number of alkyl halides is 2. The molecule has 1 aromatic heterocycles. The van der Waals surface area contributed by atoms with Crippen LogP contribution in [0.25, 0.3) is 0 Å². The molecule has 112 valence electrons. The molecule has 0 spiro atoms. The van der Waals surface area contributed by atoms with Gasteiger partial charge in [0.05, 0.1) is 6.54 Å². The van der Waals surface area contributed by atoms with Gasteiger partial charge in [0.2, 0.25) is 0 Å². The van der Waals surface area contributed by atoms with Crippen LogP contribution in [0.5, 0.6) is 0 Å². The Morgan fingerprint density at radius 3 is 2.81 bits per heavy atom. The Balaban J connectivity index is 2.11. The van der Waals surface area contributed by atoms with Gasteiger partial charge < -0.3 is 15.2 Å². The minimum absolute atomic E-state index is 0.217. The molecule has 1 amide bonds. The molecule has 21 heavy (non-hydrogen) atoms. The number of nitrogens with one attached hydrogen (secondary N) is 2. The summed E-state index contributed by atoms with van der Waals surface area (Å²) in [5.74, 6) is -0.401. The number of halogens is 2. The topological polar surface area (TPSA) is 46.1 Å². The second kappa shape index (κ2) is 6.99. The van der Waals surface area contributed by atoms with Crippen molar-refractivity contribution in [3.63, 3.8) is 0 Å². The first-order chi connectivity index (χ1) is 10.1. The molecule has 2 aromatic rings. The Labute approximate surface area is 121 Å². The number of hydrogen-bond donors (Lipinski definition) is 2. The molecule has 0 bridgehead atoms. The SMILES string of the molecule is CNCc1cccc(NC(=O)c2cccn2CC(F)F)c1. The first-order valence-corrected chi connectivity index (χ1v) is 6.58. The van der Waals surface area contributed by atoms with E-state index in [4.69, 9.17) is 0 Å². The number of rotatable bonds is 6.